The van der Waals surface area contributed by atoms with Gasteiger partial charge in [-0.3, -0.25) is 4.79 Å². The number of hydrogen-bond acceptors (Lipinski definition) is 4. The summed E-state index contributed by atoms with van der Waals surface area (Å²) in [5.74, 6) is -0.851. The Balaban J connectivity index is 2.32. The minimum atomic E-state index is -0.472. The van der Waals surface area contributed by atoms with Crippen molar-refractivity contribution in [3.63, 3.8) is 0 Å². The average Bonchev–Trinajstić information content (AvgIpc) is 2.45. The van der Waals surface area contributed by atoms with Crippen molar-refractivity contribution >= 4 is 11.9 Å². The SMILES string of the molecule is CCC(=O)OC=C(C)C(=O)OCCc1ccccc1. The van der Waals surface area contributed by atoms with Gasteiger partial charge in [-0.05, 0) is 12.5 Å². The van der Waals surface area contributed by atoms with E-state index < -0.39 is 5.97 Å². The molecule has 0 aliphatic heterocycles. The third-order valence-corrected chi connectivity index (χ3v) is 2.44. The van der Waals surface area contributed by atoms with Crippen LogP contribution in [0.15, 0.2) is 42.2 Å². The van der Waals surface area contributed by atoms with E-state index in [2.05, 4.69) is 0 Å². The van der Waals surface area contributed by atoms with Gasteiger partial charge in [0.05, 0.1) is 12.2 Å². The van der Waals surface area contributed by atoms with E-state index in [1.807, 2.05) is 30.3 Å². The van der Waals surface area contributed by atoms with E-state index in [0.29, 0.717) is 13.0 Å². The summed E-state index contributed by atoms with van der Waals surface area (Å²) in [5.41, 5.74) is 1.38. The number of benzene rings is 1. The molecule has 0 atom stereocenters. The summed E-state index contributed by atoms with van der Waals surface area (Å²) in [4.78, 5) is 22.5. The summed E-state index contributed by atoms with van der Waals surface area (Å²) >= 11 is 0. The lowest BCUT2D eigenvalue weighted by atomic mass is 10.2. The molecule has 0 unspecified atom stereocenters. The Morgan fingerprint density at radius 1 is 1.21 bits per heavy atom. The van der Waals surface area contributed by atoms with Crippen LogP contribution >= 0.6 is 0 Å². The van der Waals surface area contributed by atoms with Gasteiger partial charge in [0.15, 0.2) is 0 Å². The lowest BCUT2D eigenvalue weighted by Crippen LogP contribution is -2.09. The van der Waals surface area contributed by atoms with E-state index in [-0.39, 0.29) is 18.0 Å². The van der Waals surface area contributed by atoms with Crippen molar-refractivity contribution < 1.29 is 19.1 Å². The van der Waals surface area contributed by atoms with Crippen molar-refractivity contribution in [1.29, 1.82) is 0 Å². The molecule has 0 aliphatic rings. The second-order valence-corrected chi connectivity index (χ2v) is 4.02. The van der Waals surface area contributed by atoms with Gasteiger partial charge >= 0.3 is 11.9 Å². The summed E-state index contributed by atoms with van der Waals surface area (Å²) in [5, 5.41) is 0. The molecule has 0 heterocycles. The van der Waals surface area contributed by atoms with Crippen LogP contribution in [0.2, 0.25) is 0 Å². The third kappa shape index (κ3) is 5.86. The Hall–Kier alpha value is -2.10. The maximum Gasteiger partial charge on any atom is 0.336 e. The average molecular weight is 262 g/mol. The van der Waals surface area contributed by atoms with Crippen LogP contribution in [0, 0.1) is 0 Å². The fourth-order valence-electron chi connectivity index (χ4n) is 1.31. The number of esters is 2. The van der Waals surface area contributed by atoms with Gasteiger partial charge in [0.2, 0.25) is 0 Å². The molecule has 0 bridgehead atoms. The van der Waals surface area contributed by atoms with Gasteiger partial charge in [-0.2, -0.15) is 0 Å². The summed E-state index contributed by atoms with van der Waals surface area (Å²) in [6.45, 7) is 3.53. The predicted octanol–water partition coefficient (Wildman–Crippen LogP) is 2.63. The van der Waals surface area contributed by atoms with Crippen LogP contribution in [0.25, 0.3) is 0 Å². The molecule has 0 aromatic heterocycles. The van der Waals surface area contributed by atoms with E-state index in [4.69, 9.17) is 9.47 Å². The molecule has 0 N–H and O–H groups in total. The van der Waals surface area contributed by atoms with E-state index >= 15 is 0 Å². The molecule has 1 aromatic rings. The molecule has 0 aliphatic carbocycles. The van der Waals surface area contributed by atoms with Crippen LogP contribution in [0.5, 0.6) is 0 Å². The zero-order valence-corrected chi connectivity index (χ0v) is 11.2. The standard InChI is InChI=1S/C15H18O4/c1-3-14(16)19-11-12(2)15(17)18-10-9-13-7-5-4-6-8-13/h4-8,11H,3,9-10H2,1-2H3. The van der Waals surface area contributed by atoms with Crippen LogP contribution < -0.4 is 0 Å². The Morgan fingerprint density at radius 3 is 2.53 bits per heavy atom. The first kappa shape index (κ1) is 15.0. The van der Waals surface area contributed by atoms with Gasteiger partial charge < -0.3 is 9.47 Å². The Morgan fingerprint density at radius 2 is 1.89 bits per heavy atom. The van der Waals surface area contributed by atoms with Gasteiger partial charge in [0, 0.05) is 12.8 Å². The molecule has 0 saturated carbocycles. The minimum Gasteiger partial charge on any atom is -0.462 e. The van der Waals surface area contributed by atoms with Gasteiger partial charge in [-0.15, -0.1) is 0 Å². The molecule has 1 rings (SSSR count). The van der Waals surface area contributed by atoms with Crippen molar-refractivity contribution in [2.75, 3.05) is 6.61 Å². The van der Waals surface area contributed by atoms with Crippen molar-refractivity contribution in [3.05, 3.63) is 47.7 Å². The monoisotopic (exact) mass is 262 g/mol. The van der Waals surface area contributed by atoms with Crippen LogP contribution in [0.1, 0.15) is 25.8 Å². The molecule has 0 spiro atoms. The highest BCUT2D eigenvalue weighted by atomic mass is 16.5. The minimum absolute atomic E-state index is 0.271. The maximum atomic E-state index is 11.6. The summed E-state index contributed by atoms with van der Waals surface area (Å²) in [7, 11) is 0. The highest BCUT2D eigenvalue weighted by Crippen LogP contribution is 2.02. The quantitative estimate of drug-likeness (QED) is 0.449. The van der Waals surface area contributed by atoms with E-state index in [1.54, 1.807) is 13.8 Å². The maximum absolute atomic E-state index is 11.6. The zero-order chi connectivity index (χ0) is 14.1. The van der Waals surface area contributed by atoms with Crippen LogP contribution in [-0.2, 0) is 25.5 Å². The second kappa shape index (κ2) is 8.08. The van der Waals surface area contributed by atoms with Crippen LogP contribution in [-0.4, -0.2) is 18.5 Å². The van der Waals surface area contributed by atoms with Gasteiger partial charge in [0.25, 0.3) is 0 Å². The topological polar surface area (TPSA) is 52.6 Å². The fourth-order valence-corrected chi connectivity index (χ4v) is 1.31. The van der Waals surface area contributed by atoms with Crippen molar-refractivity contribution in [2.45, 2.75) is 26.7 Å². The van der Waals surface area contributed by atoms with Crippen molar-refractivity contribution in [2.24, 2.45) is 0 Å². The zero-order valence-electron chi connectivity index (χ0n) is 11.2. The molecule has 19 heavy (non-hydrogen) atoms. The number of ether oxygens (including phenoxy) is 2. The first-order valence-corrected chi connectivity index (χ1v) is 6.20. The molecule has 102 valence electrons. The molecular weight excluding hydrogens is 244 g/mol. The highest BCUT2D eigenvalue weighted by Gasteiger charge is 2.07. The first-order chi connectivity index (χ1) is 9.13. The fraction of sp³-hybridized carbons (Fsp3) is 0.333. The molecule has 0 radical (unpaired) electrons. The molecule has 0 amide bonds. The van der Waals surface area contributed by atoms with Gasteiger partial charge in [0.1, 0.15) is 6.26 Å². The van der Waals surface area contributed by atoms with E-state index in [1.165, 1.54) is 0 Å². The second-order valence-electron chi connectivity index (χ2n) is 4.02. The largest absolute Gasteiger partial charge is 0.462 e. The molecule has 4 heteroatoms. The van der Waals surface area contributed by atoms with Crippen LogP contribution in [0.3, 0.4) is 0 Å². The first-order valence-electron chi connectivity index (χ1n) is 6.20. The normalized spacial score (nSPS) is 10.9. The molecule has 0 saturated heterocycles. The smallest absolute Gasteiger partial charge is 0.336 e. The van der Waals surface area contributed by atoms with E-state index in [9.17, 15) is 9.59 Å². The third-order valence-electron chi connectivity index (χ3n) is 2.44. The van der Waals surface area contributed by atoms with Crippen molar-refractivity contribution in [1.82, 2.24) is 0 Å². The summed E-state index contributed by atoms with van der Waals surface area (Å²) in [6.07, 6.45) is 2.07. The molecule has 4 nitrogen and oxygen atoms in total. The number of rotatable bonds is 6. The molecular formula is C15H18O4. The number of carbonyl (C=O) groups is 2. The predicted molar refractivity (Wildman–Crippen MR) is 71.2 cm³/mol. The van der Waals surface area contributed by atoms with E-state index in [0.717, 1.165) is 11.8 Å². The highest BCUT2D eigenvalue weighted by molar-refractivity contribution is 5.87. The molecule has 0 fully saturated rings. The summed E-state index contributed by atoms with van der Waals surface area (Å²) < 4.78 is 9.81. The number of hydrogen-bond donors (Lipinski definition) is 0. The van der Waals surface area contributed by atoms with Gasteiger partial charge in [-0.25, -0.2) is 4.79 Å². The van der Waals surface area contributed by atoms with Crippen LogP contribution in [0.4, 0.5) is 0 Å². The molecule has 1 aromatic carbocycles. The number of carbonyl (C=O) groups excluding carboxylic acids is 2. The summed E-state index contributed by atoms with van der Waals surface area (Å²) in [6, 6.07) is 9.75. The lowest BCUT2D eigenvalue weighted by Gasteiger charge is -2.05. The lowest BCUT2D eigenvalue weighted by molar-refractivity contribution is -0.139. The Labute approximate surface area is 113 Å². The Kier molecular flexibility index (Phi) is 6.36. The van der Waals surface area contributed by atoms with Gasteiger partial charge in [-0.1, -0.05) is 37.3 Å². The Bertz CT molecular complexity index is 448. The van der Waals surface area contributed by atoms with Crippen molar-refractivity contribution in [3.8, 4) is 0 Å².